The van der Waals surface area contributed by atoms with Crippen LogP contribution in [0.15, 0.2) is 18.2 Å². The maximum Gasteiger partial charge on any atom is 0.121 e. The van der Waals surface area contributed by atoms with Gasteiger partial charge in [-0.05, 0) is 25.2 Å². The topological polar surface area (TPSA) is 96.5 Å². The van der Waals surface area contributed by atoms with Gasteiger partial charge in [0, 0.05) is 12.1 Å². The van der Waals surface area contributed by atoms with E-state index in [1.165, 1.54) is 18.2 Å². The molecule has 1 aromatic carbocycles. The first kappa shape index (κ1) is 12.5. The molecule has 1 rings (SSSR count). The molecule has 0 aromatic heterocycles. The molecule has 16 heavy (non-hydrogen) atoms. The number of rotatable bonds is 4. The molecule has 0 aliphatic rings. The highest BCUT2D eigenvalue weighted by Gasteiger charge is 2.20. The van der Waals surface area contributed by atoms with E-state index < -0.39 is 12.2 Å². The Kier molecular flexibility index (Phi) is 4.26. The van der Waals surface area contributed by atoms with Crippen molar-refractivity contribution in [3.8, 4) is 11.8 Å². The van der Waals surface area contributed by atoms with Crippen molar-refractivity contribution in [2.75, 3.05) is 13.6 Å². The van der Waals surface area contributed by atoms with E-state index in [1.807, 2.05) is 6.07 Å². The number of aromatic hydroxyl groups is 1. The van der Waals surface area contributed by atoms with E-state index in [9.17, 15) is 15.3 Å². The summed E-state index contributed by atoms with van der Waals surface area (Å²) in [7, 11) is 1.64. The Morgan fingerprint density at radius 1 is 1.44 bits per heavy atom. The molecule has 5 heteroatoms. The monoisotopic (exact) mass is 222 g/mol. The minimum Gasteiger partial charge on any atom is -0.508 e. The van der Waals surface area contributed by atoms with Crippen molar-refractivity contribution in [1.29, 1.82) is 5.26 Å². The molecular weight excluding hydrogens is 208 g/mol. The summed E-state index contributed by atoms with van der Waals surface area (Å²) in [6.07, 6.45) is -2.26. The number of likely N-dealkylation sites (N-methyl/N-ethyl adjacent to an activating group) is 1. The van der Waals surface area contributed by atoms with E-state index in [2.05, 4.69) is 5.32 Å². The first-order chi connectivity index (χ1) is 7.60. The molecule has 0 aliphatic carbocycles. The summed E-state index contributed by atoms with van der Waals surface area (Å²) in [5.74, 6) is -0.137. The predicted octanol–water partition coefficient (Wildman–Crippen LogP) is -0.122. The van der Waals surface area contributed by atoms with E-state index in [-0.39, 0.29) is 17.9 Å². The molecule has 1 aromatic rings. The molecule has 0 aliphatic heterocycles. The number of hydrogen-bond acceptors (Lipinski definition) is 5. The van der Waals surface area contributed by atoms with Gasteiger partial charge < -0.3 is 20.6 Å². The van der Waals surface area contributed by atoms with Gasteiger partial charge in [0.15, 0.2) is 0 Å². The van der Waals surface area contributed by atoms with Gasteiger partial charge in [-0.1, -0.05) is 0 Å². The van der Waals surface area contributed by atoms with Crippen LogP contribution in [-0.2, 0) is 0 Å². The molecule has 2 atom stereocenters. The van der Waals surface area contributed by atoms with Crippen LogP contribution in [0.5, 0.6) is 5.75 Å². The van der Waals surface area contributed by atoms with Gasteiger partial charge in [0.25, 0.3) is 0 Å². The van der Waals surface area contributed by atoms with Gasteiger partial charge in [-0.3, -0.25) is 0 Å². The molecule has 0 bridgehead atoms. The van der Waals surface area contributed by atoms with Crippen molar-refractivity contribution in [1.82, 2.24) is 5.32 Å². The summed E-state index contributed by atoms with van der Waals surface area (Å²) in [4.78, 5) is 0. The highest BCUT2D eigenvalue weighted by Crippen LogP contribution is 2.27. The minimum atomic E-state index is -1.22. The molecule has 0 heterocycles. The Bertz CT molecular complexity index is 401. The number of nitrogens with one attached hydrogen (secondary N) is 1. The van der Waals surface area contributed by atoms with Gasteiger partial charge in [-0.15, -0.1) is 0 Å². The molecule has 0 fully saturated rings. The number of aliphatic hydroxyl groups excluding tert-OH is 2. The first-order valence-corrected chi connectivity index (χ1v) is 4.84. The van der Waals surface area contributed by atoms with Gasteiger partial charge in [0.2, 0.25) is 0 Å². The number of phenols is 1. The van der Waals surface area contributed by atoms with Crippen molar-refractivity contribution >= 4 is 0 Å². The fourth-order valence-electron chi connectivity index (χ4n) is 1.39. The molecule has 86 valence electrons. The summed E-state index contributed by atoms with van der Waals surface area (Å²) in [6.45, 7) is 0.192. The lowest BCUT2D eigenvalue weighted by Crippen LogP contribution is -2.29. The van der Waals surface area contributed by atoms with Crippen molar-refractivity contribution in [3.05, 3.63) is 29.3 Å². The zero-order valence-corrected chi connectivity index (χ0v) is 8.88. The van der Waals surface area contributed by atoms with Crippen molar-refractivity contribution in [2.24, 2.45) is 0 Å². The molecule has 0 amide bonds. The van der Waals surface area contributed by atoms with Crippen LogP contribution < -0.4 is 5.32 Å². The van der Waals surface area contributed by atoms with Crippen LogP contribution in [-0.4, -0.2) is 35.0 Å². The number of aliphatic hydroxyl groups is 2. The molecule has 0 spiro atoms. The summed E-state index contributed by atoms with van der Waals surface area (Å²) in [6, 6.07) is 6.02. The molecule has 5 nitrogen and oxygen atoms in total. The Morgan fingerprint density at radius 3 is 2.69 bits per heavy atom. The van der Waals surface area contributed by atoms with E-state index in [4.69, 9.17) is 5.26 Å². The smallest absolute Gasteiger partial charge is 0.121 e. The quantitative estimate of drug-likeness (QED) is 0.569. The van der Waals surface area contributed by atoms with Crippen LogP contribution in [0.3, 0.4) is 0 Å². The second-order valence-corrected chi connectivity index (χ2v) is 3.46. The Balaban J connectivity index is 2.98. The fraction of sp³-hybridized carbons (Fsp3) is 0.364. The van der Waals surface area contributed by atoms with Crippen LogP contribution in [0.4, 0.5) is 0 Å². The van der Waals surface area contributed by atoms with Crippen LogP contribution in [0.2, 0.25) is 0 Å². The van der Waals surface area contributed by atoms with Gasteiger partial charge >= 0.3 is 0 Å². The fourth-order valence-corrected chi connectivity index (χ4v) is 1.39. The van der Waals surface area contributed by atoms with Crippen molar-refractivity contribution in [2.45, 2.75) is 12.2 Å². The molecular formula is C11H14N2O3. The van der Waals surface area contributed by atoms with E-state index in [0.29, 0.717) is 5.56 Å². The molecule has 0 radical (unpaired) electrons. The number of phenolic OH excluding ortho intramolecular Hbond substituents is 1. The van der Waals surface area contributed by atoms with Crippen LogP contribution in [0.25, 0.3) is 0 Å². The Labute approximate surface area is 93.6 Å². The number of nitriles is 1. The molecule has 0 saturated carbocycles. The van der Waals surface area contributed by atoms with Gasteiger partial charge in [-0.25, -0.2) is 0 Å². The maximum atomic E-state index is 9.76. The van der Waals surface area contributed by atoms with E-state index in [1.54, 1.807) is 7.05 Å². The number of nitrogens with zero attached hydrogens (tertiary/aromatic N) is 1. The molecule has 0 saturated heterocycles. The SMILES string of the molecule is CNCC(O)C(O)c1cc(C#N)ccc1O. The third kappa shape index (κ3) is 2.70. The normalized spacial score (nSPS) is 14.1. The molecule has 2 unspecified atom stereocenters. The standard InChI is InChI=1S/C11H14N2O3/c1-13-6-10(15)11(16)8-4-7(5-12)2-3-9(8)14/h2-4,10-11,13-16H,6H2,1H3. The van der Waals surface area contributed by atoms with Crippen molar-refractivity contribution in [3.63, 3.8) is 0 Å². The number of hydrogen-bond donors (Lipinski definition) is 4. The number of benzene rings is 1. The second kappa shape index (κ2) is 5.47. The van der Waals surface area contributed by atoms with Crippen LogP contribution >= 0.6 is 0 Å². The minimum absolute atomic E-state index is 0.137. The van der Waals surface area contributed by atoms with Crippen LogP contribution in [0, 0.1) is 11.3 Å². The molecule has 4 N–H and O–H groups in total. The lowest BCUT2D eigenvalue weighted by molar-refractivity contribution is 0.0189. The zero-order valence-electron chi connectivity index (χ0n) is 8.88. The third-order valence-corrected chi connectivity index (χ3v) is 2.25. The average molecular weight is 222 g/mol. The summed E-state index contributed by atoms with van der Waals surface area (Å²) in [5.41, 5.74) is 0.477. The Hall–Kier alpha value is -1.61. The van der Waals surface area contributed by atoms with Gasteiger partial charge in [0.05, 0.1) is 17.7 Å². The third-order valence-electron chi connectivity index (χ3n) is 2.25. The second-order valence-electron chi connectivity index (χ2n) is 3.46. The highest BCUT2D eigenvalue weighted by atomic mass is 16.3. The Morgan fingerprint density at radius 2 is 2.12 bits per heavy atom. The maximum absolute atomic E-state index is 9.76. The van der Waals surface area contributed by atoms with Gasteiger partial charge in [0.1, 0.15) is 11.9 Å². The van der Waals surface area contributed by atoms with Crippen molar-refractivity contribution < 1.29 is 15.3 Å². The average Bonchev–Trinajstić information content (AvgIpc) is 2.29. The lowest BCUT2D eigenvalue weighted by atomic mass is 10.0. The first-order valence-electron chi connectivity index (χ1n) is 4.84. The van der Waals surface area contributed by atoms with E-state index in [0.717, 1.165) is 0 Å². The largest absolute Gasteiger partial charge is 0.508 e. The summed E-state index contributed by atoms with van der Waals surface area (Å²) >= 11 is 0. The van der Waals surface area contributed by atoms with Gasteiger partial charge in [-0.2, -0.15) is 5.26 Å². The highest BCUT2D eigenvalue weighted by molar-refractivity contribution is 5.42. The summed E-state index contributed by atoms with van der Waals surface area (Å²) < 4.78 is 0. The zero-order chi connectivity index (χ0) is 12.1. The predicted molar refractivity (Wildman–Crippen MR) is 57.7 cm³/mol. The van der Waals surface area contributed by atoms with E-state index >= 15 is 0 Å². The summed E-state index contributed by atoms with van der Waals surface area (Å²) in [5, 5.41) is 40.2. The lowest BCUT2D eigenvalue weighted by Gasteiger charge is -2.18. The van der Waals surface area contributed by atoms with Crippen LogP contribution in [0.1, 0.15) is 17.2 Å².